The van der Waals surface area contributed by atoms with Crippen molar-refractivity contribution in [3.8, 4) is 33.4 Å². The van der Waals surface area contributed by atoms with Crippen molar-refractivity contribution >= 4 is 85.8 Å². The molecule has 9 aromatic carbocycles. The molecule has 0 saturated carbocycles. The van der Waals surface area contributed by atoms with E-state index in [2.05, 4.69) is 164 Å². The van der Waals surface area contributed by atoms with E-state index in [9.17, 15) is 0 Å². The van der Waals surface area contributed by atoms with Crippen LogP contribution in [0.4, 0.5) is 0 Å². The van der Waals surface area contributed by atoms with Crippen molar-refractivity contribution in [1.82, 2.24) is 0 Å². The predicted octanol–water partition coefficient (Wildman–Crippen LogP) is 14.4. The monoisotopic (exact) mass is 652 g/mol. The maximum absolute atomic E-state index is 6.39. The molecule has 2 aromatic heterocycles. The Morgan fingerprint density at radius 1 is 0.320 bits per heavy atom. The molecule has 0 unspecified atom stereocenters. The Kier molecular flexibility index (Phi) is 5.89. The van der Waals surface area contributed by atoms with Crippen LogP contribution in [0.25, 0.3) is 108 Å². The number of thiophene rings is 1. The van der Waals surface area contributed by atoms with Gasteiger partial charge in [-0.15, -0.1) is 11.3 Å². The third kappa shape index (κ3) is 4.00. The first-order chi connectivity index (χ1) is 24.8. The van der Waals surface area contributed by atoms with Crippen molar-refractivity contribution in [3.05, 3.63) is 170 Å². The molecule has 1 nitrogen and oxygen atoms in total. The van der Waals surface area contributed by atoms with E-state index in [0.29, 0.717) is 0 Å². The lowest BCUT2D eigenvalue weighted by Gasteiger charge is -2.19. The highest BCUT2D eigenvalue weighted by Gasteiger charge is 2.21. The molecule has 0 spiro atoms. The second kappa shape index (κ2) is 10.6. The summed E-state index contributed by atoms with van der Waals surface area (Å²) >= 11 is 1.89. The van der Waals surface area contributed by atoms with E-state index in [1.54, 1.807) is 0 Å². The van der Waals surface area contributed by atoms with E-state index in [1.165, 1.54) is 96.6 Å². The molecule has 2 heteroatoms. The molecule has 11 rings (SSSR count). The lowest BCUT2D eigenvalue weighted by atomic mass is 9.84. The predicted molar refractivity (Wildman–Crippen MR) is 215 cm³/mol. The Labute approximate surface area is 292 Å². The highest BCUT2D eigenvalue weighted by atomic mass is 32.1. The van der Waals surface area contributed by atoms with Gasteiger partial charge in [-0.25, -0.2) is 0 Å². The van der Waals surface area contributed by atoms with Crippen LogP contribution in [0, 0.1) is 0 Å². The molecule has 0 amide bonds. The molecule has 0 N–H and O–H groups in total. The van der Waals surface area contributed by atoms with Crippen molar-refractivity contribution in [2.45, 2.75) is 0 Å². The molecule has 232 valence electrons. The van der Waals surface area contributed by atoms with Gasteiger partial charge in [-0.2, -0.15) is 0 Å². The number of benzene rings is 9. The van der Waals surface area contributed by atoms with Gasteiger partial charge in [0.2, 0.25) is 0 Å². The van der Waals surface area contributed by atoms with E-state index in [4.69, 9.17) is 4.42 Å². The minimum absolute atomic E-state index is 0.934. The first-order valence-corrected chi connectivity index (χ1v) is 17.9. The van der Waals surface area contributed by atoms with Crippen LogP contribution in [0.2, 0.25) is 0 Å². The highest BCUT2D eigenvalue weighted by Crippen LogP contribution is 2.49. The summed E-state index contributed by atoms with van der Waals surface area (Å²) in [6.07, 6.45) is 0. The van der Waals surface area contributed by atoms with Crippen LogP contribution in [0.15, 0.2) is 174 Å². The second-order valence-corrected chi connectivity index (χ2v) is 14.2. The van der Waals surface area contributed by atoms with Gasteiger partial charge in [0.1, 0.15) is 11.2 Å². The Morgan fingerprint density at radius 2 is 0.860 bits per heavy atom. The third-order valence-corrected chi connectivity index (χ3v) is 11.7. The first-order valence-electron chi connectivity index (χ1n) is 17.1. The molecule has 0 saturated heterocycles. The molecule has 0 aliphatic rings. The fourth-order valence-electron chi connectivity index (χ4n) is 8.21. The number of hydrogen-bond donors (Lipinski definition) is 0. The lowest BCUT2D eigenvalue weighted by Crippen LogP contribution is -1.92. The van der Waals surface area contributed by atoms with Gasteiger partial charge >= 0.3 is 0 Å². The summed E-state index contributed by atoms with van der Waals surface area (Å²) in [5, 5.41) is 12.5. The number of fused-ring (bicyclic) bond motifs is 10. The van der Waals surface area contributed by atoms with E-state index < -0.39 is 0 Å². The molecule has 0 aliphatic carbocycles. The Balaban J connectivity index is 1.22. The maximum Gasteiger partial charge on any atom is 0.136 e. The molecule has 2 heterocycles. The third-order valence-electron chi connectivity index (χ3n) is 10.5. The number of para-hydroxylation sites is 1. The zero-order valence-corrected chi connectivity index (χ0v) is 27.8. The van der Waals surface area contributed by atoms with Crippen LogP contribution in [-0.4, -0.2) is 0 Å². The van der Waals surface area contributed by atoms with E-state index in [-0.39, 0.29) is 0 Å². The van der Waals surface area contributed by atoms with Gasteiger partial charge in [-0.05, 0) is 84.6 Å². The molecule has 11 aromatic rings. The first kappa shape index (κ1) is 27.7. The topological polar surface area (TPSA) is 13.1 Å². The molecular formula is C48H28OS. The fraction of sp³-hybridized carbons (Fsp3) is 0. The normalized spacial score (nSPS) is 12.0. The number of hydrogen-bond acceptors (Lipinski definition) is 2. The Morgan fingerprint density at radius 3 is 1.56 bits per heavy atom. The van der Waals surface area contributed by atoms with Crippen molar-refractivity contribution in [3.63, 3.8) is 0 Å². The van der Waals surface area contributed by atoms with Gasteiger partial charge in [-0.3, -0.25) is 0 Å². The zero-order chi connectivity index (χ0) is 32.8. The average molecular weight is 653 g/mol. The van der Waals surface area contributed by atoms with E-state index in [1.807, 2.05) is 17.4 Å². The Bertz CT molecular complexity index is 3070. The van der Waals surface area contributed by atoms with Crippen molar-refractivity contribution in [1.29, 1.82) is 0 Å². The summed E-state index contributed by atoms with van der Waals surface area (Å²) in [7, 11) is 0. The Hall–Kier alpha value is -6.22. The van der Waals surface area contributed by atoms with Crippen LogP contribution in [0.3, 0.4) is 0 Å². The van der Waals surface area contributed by atoms with Gasteiger partial charge in [0, 0.05) is 36.3 Å². The van der Waals surface area contributed by atoms with E-state index >= 15 is 0 Å². The number of furan rings is 1. The summed E-state index contributed by atoms with van der Waals surface area (Å²) in [4.78, 5) is 0. The molecule has 0 fully saturated rings. The van der Waals surface area contributed by atoms with Crippen molar-refractivity contribution in [2.24, 2.45) is 0 Å². The van der Waals surface area contributed by atoms with Crippen LogP contribution < -0.4 is 0 Å². The minimum Gasteiger partial charge on any atom is -0.456 e. The van der Waals surface area contributed by atoms with Gasteiger partial charge < -0.3 is 4.42 Å². The molecule has 0 aliphatic heterocycles. The lowest BCUT2D eigenvalue weighted by molar-refractivity contribution is 0.669. The fourth-order valence-corrected chi connectivity index (χ4v) is 9.45. The van der Waals surface area contributed by atoms with Crippen LogP contribution >= 0.6 is 11.3 Å². The minimum atomic E-state index is 0.934. The molecule has 0 bridgehead atoms. The molecular weight excluding hydrogens is 625 g/mol. The van der Waals surface area contributed by atoms with Crippen molar-refractivity contribution < 1.29 is 4.42 Å². The summed E-state index contributed by atoms with van der Waals surface area (Å²) in [6.45, 7) is 0. The standard InChI is InChI=1S/C48H28OS/c1-2-12-29(13-3-1)30-22-24-31(25-23-30)46-34-16-5-7-18-36(34)47(37-19-8-6-17-35(37)46)41-26-42-40-27-44-39(33-15-10-11-21-43(33)49-44)28-45(40)50-48(42)38-20-9-4-14-32(38)41/h1-28H. The summed E-state index contributed by atoms with van der Waals surface area (Å²) in [5.74, 6) is 0. The molecule has 0 radical (unpaired) electrons. The largest absolute Gasteiger partial charge is 0.456 e. The van der Waals surface area contributed by atoms with Crippen LogP contribution in [0.5, 0.6) is 0 Å². The van der Waals surface area contributed by atoms with Gasteiger partial charge in [0.25, 0.3) is 0 Å². The summed E-state index contributed by atoms with van der Waals surface area (Å²) in [6, 6.07) is 62.0. The van der Waals surface area contributed by atoms with Crippen molar-refractivity contribution in [2.75, 3.05) is 0 Å². The van der Waals surface area contributed by atoms with Crippen LogP contribution in [-0.2, 0) is 0 Å². The maximum atomic E-state index is 6.39. The number of rotatable bonds is 3. The highest BCUT2D eigenvalue weighted by molar-refractivity contribution is 7.26. The van der Waals surface area contributed by atoms with Crippen LogP contribution in [0.1, 0.15) is 0 Å². The van der Waals surface area contributed by atoms with Gasteiger partial charge in [0.05, 0.1) is 0 Å². The SMILES string of the molecule is c1ccc(-c2ccc(-c3c4ccccc4c(-c4cc5c6cc7oc8ccccc8c7cc6sc5c5ccccc45)c4ccccc34)cc2)cc1. The zero-order valence-electron chi connectivity index (χ0n) is 27.0. The van der Waals surface area contributed by atoms with Gasteiger partial charge in [-0.1, -0.05) is 146 Å². The second-order valence-electron chi connectivity index (χ2n) is 13.2. The summed E-state index contributed by atoms with van der Waals surface area (Å²) in [5.41, 5.74) is 9.37. The summed E-state index contributed by atoms with van der Waals surface area (Å²) < 4.78 is 8.99. The quantitative estimate of drug-likeness (QED) is 0.173. The molecule has 0 atom stereocenters. The average Bonchev–Trinajstić information content (AvgIpc) is 3.73. The smallest absolute Gasteiger partial charge is 0.136 e. The van der Waals surface area contributed by atoms with Gasteiger partial charge in [0.15, 0.2) is 0 Å². The van der Waals surface area contributed by atoms with E-state index in [0.717, 1.165) is 11.2 Å². The molecule has 50 heavy (non-hydrogen) atoms.